The van der Waals surface area contributed by atoms with Crippen LogP contribution in [0.5, 0.6) is 0 Å². The first kappa shape index (κ1) is 21.6. The Morgan fingerprint density at radius 1 is 1.26 bits per heavy atom. The number of anilines is 1. The Bertz CT molecular complexity index is 644. The zero-order valence-electron chi connectivity index (χ0n) is 16.8. The monoisotopic (exact) mass is 393 g/mol. The van der Waals surface area contributed by atoms with Crippen LogP contribution in [0.3, 0.4) is 0 Å². The van der Waals surface area contributed by atoms with E-state index in [1.54, 1.807) is 12.1 Å². The third-order valence-corrected chi connectivity index (χ3v) is 5.75. The number of carbonyl (C=O) groups is 1. The lowest BCUT2D eigenvalue weighted by Gasteiger charge is -2.37. The molecule has 27 heavy (non-hydrogen) atoms. The molecule has 0 amide bonds. The van der Waals surface area contributed by atoms with E-state index in [9.17, 15) is 9.18 Å². The third-order valence-electron chi connectivity index (χ3n) is 5.35. The highest BCUT2D eigenvalue weighted by molar-refractivity contribution is 7.80. The van der Waals surface area contributed by atoms with Crippen LogP contribution in [-0.2, 0) is 0 Å². The summed E-state index contributed by atoms with van der Waals surface area (Å²) in [5.74, 6) is 0.211. The number of carbonyl (C=O) groups excluding carboxylic acids is 1. The minimum Gasteiger partial charge on any atom is -0.366 e. The molecule has 1 aliphatic rings. The predicted octanol–water partition coefficient (Wildman–Crippen LogP) is 4.24. The number of thiocarbonyl (C=S) groups is 1. The van der Waals surface area contributed by atoms with Crippen molar-refractivity contribution in [1.29, 1.82) is 0 Å². The van der Waals surface area contributed by atoms with Crippen LogP contribution >= 0.6 is 12.2 Å². The lowest BCUT2D eigenvalue weighted by Crippen LogP contribution is -2.52. The van der Waals surface area contributed by atoms with Gasteiger partial charge in [-0.25, -0.2) is 4.39 Å². The molecule has 4 nitrogen and oxygen atoms in total. The number of rotatable bonds is 8. The molecular weight excluding hydrogens is 361 g/mol. The molecule has 150 valence electrons. The Balaban J connectivity index is 1.84. The van der Waals surface area contributed by atoms with E-state index in [1.807, 2.05) is 4.90 Å². The highest BCUT2D eigenvalue weighted by Crippen LogP contribution is 2.22. The molecule has 1 aliphatic heterocycles. The molecule has 0 radical (unpaired) electrons. The van der Waals surface area contributed by atoms with E-state index in [-0.39, 0.29) is 11.6 Å². The average molecular weight is 394 g/mol. The molecule has 0 bridgehead atoms. The fraction of sp³-hybridized carbons (Fsp3) is 0.619. The highest BCUT2D eigenvalue weighted by atomic mass is 32.1. The van der Waals surface area contributed by atoms with Crippen molar-refractivity contribution in [3.63, 3.8) is 0 Å². The topological polar surface area (TPSA) is 35.6 Å². The van der Waals surface area contributed by atoms with Crippen LogP contribution in [0.25, 0.3) is 0 Å². The Hall–Kier alpha value is -1.69. The van der Waals surface area contributed by atoms with Crippen molar-refractivity contribution < 1.29 is 9.18 Å². The maximum Gasteiger partial charge on any atom is 0.169 e. The van der Waals surface area contributed by atoms with E-state index >= 15 is 0 Å². The van der Waals surface area contributed by atoms with E-state index in [0.29, 0.717) is 30.3 Å². The first-order chi connectivity index (χ1) is 13.0. The molecule has 0 spiro atoms. The first-order valence-corrected chi connectivity index (χ1v) is 10.4. The number of benzene rings is 1. The molecule has 1 heterocycles. The highest BCUT2D eigenvalue weighted by Gasteiger charge is 2.21. The second-order valence-electron chi connectivity index (χ2n) is 7.30. The van der Waals surface area contributed by atoms with Gasteiger partial charge in [0.2, 0.25) is 0 Å². The quantitative estimate of drug-likeness (QED) is 0.528. The lowest BCUT2D eigenvalue weighted by atomic mass is 9.99. The molecule has 6 heteroatoms. The lowest BCUT2D eigenvalue weighted by molar-refractivity contribution is 0.101. The molecule has 0 aliphatic carbocycles. The Morgan fingerprint density at radius 2 is 1.96 bits per heavy atom. The van der Waals surface area contributed by atoms with Gasteiger partial charge in [0.1, 0.15) is 5.82 Å². The largest absolute Gasteiger partial charge is 0.366 e. The number of ketones is 1. The van der Waals surface area contributed by atoms with E-state index in [1.165, 1.54) is 38.7 Å². The van der Waals surface area contributed by atoms with Crippen LogP contribution in [0, 0.1) is 11.7 Å². The van der Waals surface area contributed by atoms with Crippen molar-refractivity contribution in [3.8, 4) is 0 Å². The van der Waals surface area contributed by atoms with E-state index in [0.717, 1.165) is 24.7 Å². The molecule has 0 unspecified atom stereocenters. The van der Waals surface area contributed by atoms with E-state index < -0.39 is 0 Å². The molecule has 1 atom stereocenters. The number of Topliss-reactive ketones (excluding diaryl/α,β-unsaturated/α-hetero) is 1. The van der Waals surface area contributed by atoms with Gasteiger partial charge in [-0.15, -0.1) is 0 Å². The summed E-state index contributed by atoms with van der Waals surface area (Å²) < 4.78 is 14.4. The van der Waals surface area contributed by atoms with Gasteiger partial charge in [-0.05, 0) is 49.7 Å². The van der Waals surface area contributed by atoms with Crippen molar-refractivity contribution in [2.75, 3.05) is 37.6 Å². The maximum atomic E-state index is 14.4. The molecule has 1 saturated heterocycles. The van der Waals surface area contributed by atoms with Crippen molar-refractivity contribution in [3.05, 3.63) is 29.6 Å². The number of hydrogen-bond acceptors (Lipinski definition) is 3. The zero-order chi connectivity index (χ0) is 19.8. The SMILES string of the molecule is CCCC[C@H](CC)CNC(=S)N1CCN(c2ccc(C(C)=O)cc2F)CC1. The number of piperazine rings is 1. The van der Waals surface area contributed by atoms with Gasteiger partial charge >= 0.3 is 0 Å². The summed E-state index contributed by atoms with van der Waals surface area (Å²) in [5, 5.41) is 4.23. The molecule has 1 aromatic carbocycles. The summed E-state index contributed by atoms with van der Waals surface area (Å²) in [4.78, 5) is 15.6. The molecule has 0 saturated carbocycles. The summed E-state index contributed by atoms with van der Waals surface area (Å²) in [6.45, 7) is 9.80. The fourth-order valence-corrected chi connectivity index (χ4v) is 3.69. The Kier molecular flexibility index (Phi) is 8.48. The smallest absolute Gasteiger partial charge is 0.169 e. The number of unbranched alkanes of at least 4 members (excludes halogenated alkanes) is 1. The van der Waals surface area contributed by atoms with Crippen molar-refractivity contribution in [1.82, 2.24) is 10.2 Å². The summed E-state index contributed by atoms with van der Waals surface area (Å²) in [6.07, 6.45) is 4.90. The van der Waals surface area contributed by atoms with Crippen LogP contribution in [0.1, 0.15) is 56.8 Å². The number of nitrogens with one attached hydrogen (secondary N) is 1. The Labute approximate surface area is 168 Å². The first-order valence-electron chi connectivity index (χ1n) is 10.0. The van der Waals surface area contributed by atoms with E-state index in [4.69, 9.17) is 12.2 Å². The minimum atomic E-state index is -0.335. The number of halogens is 1. The van der Waals surface area contributed by atoms with Crippen LogP contribution in [0.2, 0.25) is 0 Å². The minimum absolute atomic E-state index is 0.119. The third kappa shape index (κ3) is 6.16. The average Bonchev–Trinajstić information content (AvgIpc) is 2.68. The van der Waals surface area contributed by atoms with Gasteiger partial charge in [-0.1, -0.05) is 33.1 Å². The van der Waals surface area contributed by atoms with Crippen LogP contribution in [-0.4, -0.2) is 48.5 Å². The van der Waals surface area contributed by atoms with Crippen LogP contribution in [0.4, 0.5) is 10.1 Å². The second kappa shape index (κ2) is 10.6. The van der Waals surface area contributed by atoms with Gasteiger partial charge in [0.05, 0.1) is 5.69 Å². The molecular formula is C21H32FN3OS. The number of nitrogens with zero attached hydrogens (tertiary/aromatic N) is 2. The van der Waals surface area contributed by atoms with Crippen molar-refractivity contribution in [2.45, 2.75) is 46.5 Å². The standard InChI is InChI=1S/C21H32FN3OS/c1-4-6-7-17(5-2)15-23-21(27)25-12-10-24(11-13-25)20-9-8-18(16(3)26)14-19(20)22/h8-9,14,17H,4-7,10-13,15H2,1-3H3,(H,23,27)/t17-/m0/s1. The van der Waals surface area contributed by atoms with Gasteiger partial charge in [0, 0.05) is 38.3 Å². The van der Waals surface area contributed by atoms with Gasteiger partial charge in [-0.3, -0.25) is 4.79 Å². The molecule has 0 aromatic heterocycles. The van der Waals surface area contributed by atoms with Gasteiger partial charge in [0.25, 0.3) is 0 Å². The molecule has 1 aromatic rings. The molecule has 1 fully saturated rings. The summed E-state index contributed by atoms with van der Waals surface area (Å²) in [7, 11) is 0. The van der Waals surface area contributed by atoms with Crippen molar-refractivity contribution in [2.24, 2.45) is 5.92 Å². The number of hydrogen-bond donors (Lipinski definition) is 1. The molecule has 1 N–H and O–H groups in total. The molecule has 2 rings (SSSR count). The maximum absolute atomic E-state index is 14.4. The zero-order valence-corrected chi connectivity index (χ0v) is 17.6. The normalized spacial score (nSPS) is 15.6. The van der Waals surface area contributed by atoms with Crippen LogP contribution < -0.4 is 10.2 Å². The summed E-state index contributed by atoms with van der Waals surface area (Å²) >= 11 is 5.56. The fourth-order valence-electron chi connectivity index (χ4n) is 3.42. The van der Waals surface area contributed by atoms with Gasteiger partial charge in [0.15, 0.2) is 10.9 Å². The summed E-state index contributed by atoms with van der Waals surface area (Å²) in [6, 6.07) is 4.73. The van der Waals surface area contributed by atoms with E-state index in [2.05, 4.69) is 24.1 Å². The van der Waals surface area contributed by atoms with Crippen LogP contribution in [0.15, 0.2) is 18.2 Å². The van der Waals surface area contributed by atoms with Gasteiger partial charge in [-0.2, -0.15) is 0 Å². The Morgan fingerprint density at radius 3 is 2.52 bits per heavy atom. The second-order valence-corrected chi connectivity index (χ2v) is 7.69. The predicted molar refractivity (Wildman–Crippen MR) is 114 cm³/mol. The van der Waals surface area contributed by atoms with Gasteiger partial charge < -0.3 is 15.1 Å². The summed E-state index contributed by atoms with van der Waals surface area (Å²) in [5.41, 5.74) is 0.970. The van der Waals surface area contributed by atoms with Crippen molar-refractivity contribution >= 4 is 28.8 Å².